The molecule has 2 aromatic carbocycles. The number of halogens is 2. The Bertz CT molecular complexity index is 1410. The molecule has 0 spiro atoms. The highest BCUT2D eigenvalue weighted by Crippen LogP contribution is 2.43. The summed E-state index contributed by atoms with van der Waals surface area (Å²) in [6, 6.07) is 11.9. The minimum absolute atomic E-state index is 0.0672. The largest absolute Gasteiger partial charge is 0.502 e. The Morgan fingerprint density at radius 1 is 1.06 bits per heavy atom. The van der Waals surface area contributed by atoms with E-state index < -0.39 is 22.8 Å². The van der Waals surface area contributed by atoms with Gasteiger partial charge in [-0.15, -0.1) is 11.8 Å². The Morgan fingerprint density at radius 2 is 1.89 bits per heavy atom. The van der Waals surface area contributed by atoms with Crippen LogP contribution in [0.4, 0.5) is 8.78 Å². The minimum atomic E-state index is -0.875. The zero-order chi connectivity index (χ0) is 24.3. The smallest absolute Gasteiger partial charge is 0.278 e. The van der Waals surface area contributed by atoms with Crippen LogP contribution in [0.2, 0.25) is 0 Å². The number of benzene rings is 2. The van der Waals surface area contributed by atoms with Gasteiger partial charge in [-0.2, -0.15) is 11.8 Å². The molecule has 1 fully saturated rings. The summed E-state index contributed by atoms with van der Waals surface area (Å²) in [4.78, 5) is 28.1. The summed E-state index contributed by atoms with van der Waals surface area (Å²) < 4.78 is 30.7. The molecule has 1 saturated heterocycles. The van der Waals surface area contributed by atoms with E-state index in [4.69, 9.17) is 0 Å². The molecule has 35 heavy (non-hydrogen) atoms. The van der Waals surface area contributed by atoms with Crippen molar-refractivity contribution >= 4 is 29.4 Å². The van der Waals surface area contributed by atoms with Gasteiger partial charge >= 0.3 is 0 Å². The van der Waals surface area contributed by atoms with Gasteiger partial charge in [0.05, 0.1) is 0 Å². The Kier molecular flexibility index (Phi) is 5.52. The van der Waals surface area contributed by atoms with Crippen molar-refractivity contribution in [1.29, 1.82) is 0 Å². The summed E-state index contributed by atoms with van der Waals surface area (Å²) in [6.07, 6.45) is 1.20. The van der Waals surface area contributed by atoms with E-state index in [1.54, 1.807) is 27.4 Å². The summed E-state index contributed by atoms with van der Waals surface area (Å²) >= 11 is 3.20. The van der Waals surface area contributed by atoms with Gasteiger partial charge in [-0.1, -0.05) is 24.3 Å². The van der Waals surface area contributed by atoms with Crippen molar-refractivity contribution in [2.45, 2.75) is 22.7 Å². The Balaban J connectivity index is 1.54. The number of carbonyl (C=O) groups is 1. The number of thioether (sulfide) groups is 2. The summed E-state index contributed by atoms with van der Waals surface area (Å²) in [7, 11) is 0. The van der Waals surface area contributed by atoms with Crippen LogP contribution in [0.1, 0.15) is 33.1 Å². The van der Waals surface area contributed by atoms with E-state index in [0.29, 0.717) is 35.7 Å². The Morgan fingerprint density at radius 3 is 2.74 bits per heavy atom. The lowest BCUT2D eigenvalue weighted by Crippen LogP contribution is -2.64. The molecule has 1 N–H and O–H groups in total. The topological polar surface area (TPSA) is 65.8 Å². The average molecular weight is 514 g/mol. The SMILES string of the molecule is O=C1c2c(O)c(=O)ccn2N(C[C@@H]2c3ccccc3SCc3c2ccc(F)c3F)C2CSCCN12. The average Bonchev–Trinajstić information content (AvgIpc) is 3.03. The van der Waals surface area contributed by atoms with Gasteiger partial charge in [0.2, 0.25) is 5.43 Å². The normalized spacial score (nSPS) is 21.0. The van der Waals surface area contributed by atoms with Gasteiger partial charge in [0.25, 0.3) is 5.91 Å². The number of aromatic hydroxyl groups is 1. The number of aromatic nitrogens is 1. The van der Waals surface area contributed by atoms with Gasteiger partial charge in [0.15, 0.2) is 23.1 Å². The van der Waals surface area contributed by atoms with Gasteiger partial charge < -0.3 is 10.0 Å². The summed E-state index contributed by atoms with van der Waals surface area (Å²) in [6.45, 7) is 0.820. The van der Waals surface area contributed by atoms with Crippen molar-refractivity contribution in [3.05, 3.63) is 92.9 Å². The number of carbonyl (C=O) groups excluding carboxylic acids is 1. The van der Waals surface area contributed by atoms with Crippen LogP contribution in [0.5, 0.6) is 5.75 Å². The van der Waals surface area contributed by atoms with Crippen LogP contribution in [0.15, 0.2) is 58.4 Å². The number of amides is 1. The molecule has 0 bridgehead atoms. The van der Waals surface area contributed by atoms with Crippen molar-refractivity contribution in [3.63, 3.8) is 0 Å². The van der Waals surface area contributed by atoms with Crippen molar-refractivity contribution in [2.75, 3.05) is 29.6 Å². The zero-order valence-corrected chi connectivity index (χ0v) is 20.1. The van der Waals surface area contributed by atoms with Crippen LogP contribution < -0.4 is 10.4 Å². The lowest BCUT2D eigenvalue weighted by Gasteiger charge is -2.49. The molecule has 6 nitrogen and oxygen atoms in total. The molecule has 1 unspecified atom stereocenters. The maximum atomic E-state index is 15.0. The standard InChI is InChI=1S/C25H21F2N3O3S2/c26-18-6-5-14-16(15-3-1-2-4-20(15)35-12-17(14)22(18)27)11-30-21-13-34-10-9-28(21)25(33)23-24(32)19(31)7-8-29(23)30/h1-8,16,21,32H,9-13H2/t16-,21?/m0/s1. The molecule has 1 aromatic heterocycles. The number of nitrogens with zero attached hydrogens (tertiary/aromatic N) is 3. The summed E-state index contributed by atoms with van der Waals surface area (Å²) in [5.41, 5.74) is 1.33. The molecule has 3 aliphatic rings. The first-order chi connectivity index (χ1) is 17.0. The molecular weight excluding hydrogens is 492 g/mol. The van der Waals surface area contributed by atoms with Crippen LogP contribution in [0, 0.1) is 11.6 Å². The third-order valence-corrected chi connectivity index (χ3v) is 9.01. The van der Waals surface area contributed by atoms with Gasteiger partial charge in [-0.3, -0.25) is 19.3 Å². The maximum absolute atomic E-state index is 15.0. The van der Waals surface area contributed by atoms with Crippen molar-refractivity contribution in [2.24, 2.45) is 0 Å². The molecule has 0 saturated carbocycles. The molecule has 1 amide bonds. The first-order valence-corrected chi connectivity index (χ1v) is 13.4. The van der Waals surface area contributed by atoms with E-state index in [9.17, 15) is 23.5 Å². The fraction of sp³-hybridized carbons (Fsp3) is 0.280. The number of rotatable bonds is 2. The van der Waals surface area contributed by atoms with E-state index >= 15 is 0 Å². The van der Waals surface area contributed by atoms with Crippen molar-refractivity contribution in [1.82, 2.24) is 9.58 Å². The van der Waals surface area contributed by atoms with Crippen molar-refractivity contribution < 1.29 is 18.7 Å². The molecule has 3 aromatic rings. The Hall–Kier alpha value is -2.98. The van der Waals surface area contributed by atoms with Gasteiger partial charge in [-0.25, -0.2) is 8.78 Å². The second-order valence-corrected chi connectivity index (χ2v) is 10.9. The number of pyridine rings is 1. The van der Waals surface area contributed by atoms with E-state index in [-0.39, 0.29) is 23.7 Å². The molecule has 180 valence electrons. The van der Waals surface area contributed by atoms with Gasteiger partial charge in [0, 0.05) is 59.0 Å². The highest BCUT2D eigenvalue weighted by atomic mass is 32.2. The summed E-state index contributed by atoms with van der Waals surface area (Å²) in [5, 5.41) is 12.5. The number of hydrogen-bond donors (Lipinski definition) is 1. The summed E-state index contributed by atoms with van der Waals surface area (Å²) in [5.74, 6) is -1.30. The van der Waals surface area contributed by atoms with E-state index in [1.807, 2.05) is 29.3 Å². The molecule has 0 radical (unpaired) electrons. The third-order valence-electron chi connectivity index (χ3n) is 6.89. The maximum Gasteiger partial charge on any atom is 0.278 e. The van der Waals surface area contributed by atoms with E-state index in [2.05, 4.69) is 0 Å². The molecule has 6 rings (SSSR count). The lowest BCUT2D eigenvalue weighted by atomic mass is 9.87. The van der Waals surface area contributed by atoms with E-state index in [1.165, 1.54) is 30.1 Å². The van der Waals surface area contributed by atoms with Crippen LogP contribution in [-0.4, -0.2) is 51.4 Å². The highest BCUT2D eigenvalue weighted by Gasteiger charge is 2.42. The van der Waals surface area contributed by atoms with Gasteiger partial charge in [0.1, 0.15) is 6.17 Å². The molecule has 3 aliphatic heterocycles. The lowest BCUT2D eigenvalue weighted by molar-refractivity contribution is 0.0600. The fourth-order valence-corrected chi connectivity index (χ4v) is 7.38. The monoisotopic (exact) mass is 513 g/mol. The van der Waals surface area contributed by atoms with Crippen molar-refractivity contribution in [3.8, 4) is 5.75 Å². The Labute approximate surface area is 208 Å². The van der Waals surface area contributed by atoms with Crippen LogP contribution >= 0.6 is 23.5 Å². The molecule has 2 atom stereocenters. The first kappa shape index (κ1) is 22.5. The zero-order valence-electron chi connectivity index (χ0n) is 18.5. The second-order valence-electron chi connectivity index (χ2n) is 8.71. The van der Waals surface area contributed by atoms with E-state index in [0.717, 1.165) is 16.2 Å². The minimum Gasteiger partial charge on any atom is -0.502 e. The van der Waals surface area contributed by atoms with Crippen LogP contribution in [0.25, 0.3) is 0 Å². The predicted molar refractivity (Wildman–Crippen MR) is 132 cm³/mol. The van der Waals surface area contributed by atoms with Crippen LogP contribution in [-0.2, 0) is 5.75 Å². The van der Waals surface area contributed by atoms with Gasteiger partial charge in [-0.05, 0) is 23.3 Å². The quantitative estimate of drug-likeness (QED) is 0.564. The second kappa shape index (κ2) is 8.60. The molecule has 10 heteroatoms. The number of hydrogen-bond acceptors (Lipinski definition) is 6. The fourth-order valence-electron chi connectivity index (χ4n) is 5.18. The highest BCUT2D eigenvalue weighted by molar-refractivity contribution is 7.99. The first-order valence-electron chi connectivity index (χ1n) is 11.2. The van der Waals surface area contributed by atoms with Crippen LogP contribution in [0.3, 0.4) is 0 Å². The predicted octanol–water partition coefficient (Wildman–Crippen LogP) is 3.74. The number of fused-ring (bicyclic) bond motifs is 4. The third kappa shape index (κ3) is 3.53. The molecular formula is C25H21F2N3O3S2. The molecule has 4 heterocycles. The molecule has 0 aliphatic carbocycles.